The number of hydrogen-bond acceptors (Lipinski definition) is 1. The van der Waals surface area contributed by atoms with Crippen molar-refractivity contribution in [3.8, 4) is 5.75 Å². The lowest BCUT2D eigenvalue weighted by atomic mass is 9.85. The lowest BCUT2D eigenvalue weighted by molar-refractivity contribution is 0.465. The number of aryl methyl sites for hydroxylation is 1. The van der Waals surface area contributed by atoms with E-state index in [1.165, 1.54) is 18.4 Å². The smallest absolute Gasteiger partial charge is 0.118 e. The Labute approximate surface area is 99.5 Å². The van der Waals surface area contributed by atoms with Crippen molar-refractivity contribution < 1.29 is 5.11 Å². The first kappa shape index (κ1) is 13.1. The van der Waals surface area contributed by atoms with Crippen LogP contribution >= 0.6 is 0 Å². The summed E-state index contributed by atoms with van der Waals surface area (Å²) in [7, 11) is 0. The molecule has 1 rings (SSSR count). The molecule has 0 bridgehead atoms. The van der Waals surface area contributed by atoms with E-state index in [1.807, 2.05) is 12.1 Å². The van der Waals surface area contributed by atoms with E-state index < -0.39 is 0 Å². The van der Waals surface area contributed by atoms with Gasteiger partial charge in [-0.05, 0) is 35.4 Å². The van der Waals surface area contributed by atoms with Crippen LogP contribution in [0.3, 0.4) is 0 Å². The Morgan fingerprint density at radius 1 is 1.12 bits per heavy atom. The number of benzene rings is 1. The lowest BCUT2D eigenvalue weighted by Gasteiger charge is -2.20. The first-order valence-electron chi connectivity index (χ1n) is 6.27. The molecule has 0 aliphatic carbocycles. The van der Waals surface area contributed by atoms with Crippen LogP contribution < -0.4 is 0 Å². The largest absolute Gasteiger partial charge is 0.508 e. The predicted octanol–water partition coefficient (Wildman–Crippen LogP) is 4.42. The third-order valence-electron chi connectivity index (χ3n) is 3.00. The standard InChI is InChI=1S/C15H24O/c1-5-6-7-8-12-11-13(15(2,3)4)9-10-14(12)16/h9-11,16H,5-8H2,1-4H3. The normalized spacial score (nSPS) is 11.8. The molecule has 0 aliphatic heterocycles. The average molecular weight is 220 g/mol. The van der Waals surface area contributed by atoms with Crippen LogP contribution in [-0.4, -0.2) is 5.11 Å². The van der Waals surface area contributed by atoms with Crippen LogP contribution in [0.2, 0.25) is 0 Å². The van der Waals surface area contributed by atoms with Crippen molar-refractivity contribution in [2.45, 2.75) is 58.8 Å². The Morgan fingerprint density at radius 2 is 1.81 bits per heavy atom. The van der Waals surface area contributed by atoms with Crippen LogP contribution in [0.15, 0.2) is 18.2 Å². The fourth-order valence-electron chi connectivity index (χ4n) is 1.82. The SMILES string of the molecule is CCCCCc1cc(C(C)(C)C)ccc1O. The Balaban J connectivity index is 2.83. The Morgan fingerprint density at radius 3 is 2.38 bits per heavy atom. The molecule has 0 fully saturated rings. The van der Waals surface area contributed by atoms with Crippen molar-refractivity contribution in [3.05, 3.63) is 29.3 Å². The number of unbranched alkanes of at least 4 members (excludes halogenated alkanes) is 2. The van der Waals surface area contributed by atoms with Gasteiger partial charge in [0.25, 0.3) is 0 Å². The van der Waals surface area contributed by atoms with Crippen LogP contribution in [0.5, 0.6) is 5.75 Å². The molecule has 0 atom stereocenters. The summed E-state index contributed by atoms with van der Waals surface area (Å²) >= 11 is 0. The summed E-state index contributed by atoms with van der Waals surface area (Å²) in [5.74, 6) is 0.448. The molecule has 1 nitrogen and oxygen atoms in total. The number of hydrogen-bond donors (Lipinski definition) is 1. The van der Waals surface area contributed by atoms with Gasteiger partial charge in [0.15, 0.2) is 0 Å². The van der Waals surface area contributed by atoms with Gasteiger partial charge in [-0.1, -0.05) is 52.7 Å². The Bertz CT molecular complexity index is 334. The molecular formula is C15H24O. The summed E-state index contributed by atoms with van der Waals surface area (Å²) in [5, 5.41) is 9.80. The molecule has 0 aromatic heterocycles. The van der Waals surface area contributed by atoms with Gasteiger partial charge in [-0.15, -0.1) is 0 Å². The van der Waals surface area contributed by atoms with E-state index in [0.717, 1.165) is 18.4 Å². The molecule has 16 heavy (non-hydrogen) atoms. The molecule has 1 aromatic carbocycles. The highest BCUT2D eigenvalue weighted by molar-refractivity contribution is 5.38. The zero-order chi connectivity index (χ0) is 12.2. The first-order chi connectivity index (χ1) is 7.45. The maximum atomic E-state index is 9.80. The van der Waals surface area contributed by atoms with E-state index in [0.29, 0.717) is 5.75 Å². The predicted molar refractivity (Wildman–Crippen MR) is 70.0 cm³/mol. The molecule has 0 saturated carbocycles. The van der Waals surface area contributed by atoms with Crippen molar-refractivity contribution in [3.63, 3.8) is 0 Å². The summed E-state index contributed by atoms with van der Waals surface area (Å²) < 4.78 is 0. The molecule has 0 spiro atoms. The van der Waals surface area contributed by atoms with Gasteiger partial charge in [-0.3, -0.25) is 0 Å². The zero-order valence-electron chi connectivity index (χ0n) is 11.0. The highest BCUT2D eigenvalue weighted by Crippen LogP contribution is 2.28. The molecular weight excluding hydrogens is 196 g/mol. The van der Waals surface area contributed by atoms with Crippen LogP contribution in [0.4, 0.5) is 0 Å². The number of aromatic hydroxyl groups is 1. The highest BCUT2D eigenvalue weighted by atomic mass is 16.3. The second-order valence-electron chi connectivity index (χ2n) is 5.55. The minimum atomic E-state index is 0.160. The van der Waals surface area contributed by atoms with E-state index in [2.05, 4.69) is 33.8 Å². The molecule has 0 heterocycles. The van der Waals surface area contributed by atoms with Gasteiger partial charge in [0.05, 0.1) is 0 Å². The molecule has 0 amide bonds. The van der Waals surface area contributed by atoms with Gasteiger partial charge in [-0.25, -0.2) is 0 Å². The van der Waals surface area contributed by atoms with E-state index in [9.17, 15) is 5.11 Å². The Kier molecular flexibility index (Phi) is 4.40. The monoisotopic (exact) mass is 220 g/mol. The summed E-state index contributed by atoms with van der Waals surface area (Å²) in [4.78, 5) is 0. The third-order valence-corrected chi connectivity index (χ3v) is 3.00. The summed E-state index contributed by atoms with van der Waals surface area (Å²) in [6.45, 7) is 8.81. The van der Waals surface area contributed by atoms with Gasteiger partial charge in [0.2, 0.25) is 0 Å². The summed E-state index contributed by atoms with van der Waals surface area (Å²) in [5.41, 5.74) is 2.56. The lowest BCUT2D eigenvalue weighted by Crippen LogP contribution is -2.11. The van der Waals surface area contributed by atoms with Crippen LogP contribution in [0, 0.1) is 0 Å². The fourth-order valence-corrected chi connectivity index (χ4v) is 1.82. The van der Waals surface area contributed by atoms with Crippen LogP contribution in [0.25, 0.3) is 0 Å². The topological polar surface area (TPSA) is 20.2 Å². The van der Waals surface area contributed by atoms with Gasteiger partial charge in [-0.2, -0.15) is 0 Å². The highest BCUT2D eigenvalue weighted by Gasteiger charge is 2.15. The minimum absolute atomic E-state index is 0.160. The van der Waals surface area contributed by atoms with Gasteiger partial charge >= 0.3 is 0 Å². The second-order valence-corrected chi connectivity index (χ2v) is 5.55. The molecule has 90 valence electrons. The van der Waals surface area contributed by atoms with Crippen molar-refractivity contribution in [1.82, 2.24) is 0 Å². The van der Waals surface area contributed by atoms with Crippen LogP contribution in [0.1, 0.15) is 58.1 Å². The van der Waals surface area contributed by atoms with Crippen molar-refractivity contribution >= 4 is 0 Å². The first-order valence-corrected chi connectivity index (χ1v) is 6.27. The van der Waals surface area contributed by atoms with E-state index >= 15 is 0 Å². The van der Waals surface area contributed by atoms with Crippen LogP contribution in [-0.2, 0) is 11.8 Å². The van der Waals surface area contributed by atoms with E-state index in [-0.39, 0.29) is 5.41 Å². The van der Waals surface area contributed by atoms with Crippen molar-refractivity contribution in [2.24, 2.45) is 0 Å². The molecule has 1 heteroatoms. The second kappa shape index (κ2) is 5.38. The number of phenolic OH excluding ortho intramolecular Hbond substituents is 1. The van der Waals surface area contributed by atoms with Crippen molar-refractivity contribution in [2.75, 3.05) is 0 Å². The minimum Gasteiger partial charge on any atom is -0.508 e. The van der Waals surface area contributed by atoms with Crippen molar-refractivity contribution in [1.29, 1.82) is 0 Å². The molecule has 1 aromatic rings. The summed E-state index contributed by atoms with van der Waals surface area (Å²) in [6, 6.07) is 6.02. The number of phenols is 1. The third kappa shape index (κ3) is 3.55. The molecule has 0 aliphatic rings. The maximum absolute atomic E-state index is 9.80. The quantitative estimate of drug-likeness (QED) is 0.745. The summed E-state index contributed by atoms with van der Waals surface area (Å²) in [6.07, 6.45) is 4.61. The number of rotatable bonds is 4. The van der Waals surface area contributed by atoms with Gasteiger partial charge in [0, 0.05) is 0 Å². The zero-order valence-corrected chi connectivity index (χ0v) is 11.0. The van der Waals surface area contributed by atoms with E-state index in [1.54, 1.807) is 0 Å². The fraction of sp³-hybridized carbons (Fsp3) is 0.600. The maximum Gasteiger partial charge on any atom is 0.118 e. The van der Waals surface area contributed by atoms with E-state index in [4.69, 9.17) is 0 Å². The molecule has 0 unspecified atom stereocenters. The molecule has 0 saturated heterocycles. The van der Waals surface area contributed by atoms with Gasteiger partial charge in [0.1, 0.15) is 5.75 Å². The average Bonchev–Trinajstić information content (AvgIpc) is 2.19. The van der Waals surface area contributed by atoms with Gasteiger partial charge < -0.3 is 5.11 Å². The molecule has 1 N–H and O–H groups in total. The molecule has 0 radical (unpaired) electrons. The Hall–Kier alpha value is -0.980.